The number of aromatic amines is 3. The smallest absolute Gasteiger partial charge is 0.303 e. The fourth-order valence-corrected chi connectivity index (χ4v) is 1.85. The molecule has 0 unspecified atom stereocenters. The molecule has 0 atom stereocenters. The van der Waals surface area contributed by atoms with Gasteiger partial charge in [-0.2, -0.15) is 5.10 Å². The molecule has 0 bridgehead atoms. The van der Waals surface area contributed by atoms with Crippen LogP contribution in [0.2, 0.25) is 0 Å². The number of nitrogens with one attached hydrogen (secondary N) is 3. The average Bonchev–Trinajstić information content (AvgIpc) is 3.02. The van der Waals surface area contributed by atoms with Gasteiger partial charge in [0.05, 0.1) is 21.4 Å². The second-order valence-electron chi connectivity index (χ2n) is 3.99. The lowest BCUT2D eigenvalue weighted by molar-refractivity contribution is -0.393. The molecular formula is C9H5N7O5. The van der Waals surface area contributed by atoms with Gasteiger partial charge in [0.2, 0.25) is 0 Å². The predicted molar refractivity (Wildman–Crippen MR) is 67.6 cm³/mol. The number of rotatable bonds is 3. The van der Waals surface area contributed by atoms with Crippen molar-refractivity contribution >= 4 is 22.4 Å². The second-order valence-corrected chi connectivity index (χ2v) is 3.99. The molecule has 12 heteroatoms. The van der Waals surface area contributed by atoms with Crippen LogP contribution in [0.3, 0.4) is 0 Å². The topological polar surface area (TPSA) is 177 Å². The van der Waals surface area contributed by atoms with Crippen LogP contribution in [0, 0.1) is 20.2 Å². The number of hydrogen-bond donors (Lipinski definition) is 3. The molecule has 3 N–H and O–H groups in total. The minimum absolute atomic E-state index is 0.0314. The number of H-pyrrole nitrogens is 3. The lowest BCUT2D eigenvalue weighted by Crippen LogP contribution is -2.02. The SMILES string of the molecule is O=c1[nH][nH]nc1-c1nc2c([N+](=O)[O-])cc([N+](=O)[O-])cc2[nH]1. The normalized spacial score (nSPS) is 10.9. The first-order valence-corrected chi connectivity index (χ1v) is 5.43. The van der Waals surface area contributed by atoms with E-state index in [4.69, 9.17) is 0 Å². The summed E-state index contributed by atoms with van der Waals surface area (Å²) in [7, 11) is 0. The molecule has 2 heterocycles. The van der Waals surface area contributed by atoms with Crippen LogP contribution in [-0.4, -0.2) is 35.2 Å². The zero-order valence-electron chi connectivity index (χ0n) is 9.98. The number of imidazole rings is 1. The molecule has 0 aliphatic carbocycles. The number of benzene rings is 1. The van der Waals surface area contributed by atoms with Crippen LogP contribution in [0.25, 0.3) is 22.6 Å². The van der Waals surface area contributed by atoms with Crippen molar-refractivity contribution in [3.63, 3.8) is 0 Å². The highest BCUT2D eigenvalue weighted by Gasteiger charge is 2.23. The Kier molecular flexibility index (Phi) is 2.51. The highest BCUT2D eigenvalue weighted by Crippen LogP contribution is 2.30. The zero-order valence-corrected chi connectivity index (χ0v) is 9.98. The molecule has 3 aromatic rings. The summed E-state index contributed by atoms with van der Waals surface area (Å²) in [5.41, 5.74) is -1.71. The largest absolute Gasteiger partial charge is 0.336 e. The Hall–Kier alpha value is -3.57. The number of aromatic nitrogens is 5. The van der Waals surface area contributed by atoms with E-state index in [9.17, 15) is 25.0 Å². The summed E-state index contributed by atoms with van der Waals surface area (Å²) < 4.78 is 0. The molecule has 1 aromatic carbocycles. The molecule has 0 saturated heterocycles. The van der Waals surface area contributed by atoms with E-state index in [2.05, 4.69) is 25.4 Å². The Labute approximate surface area is 113 Å². The Balaban J connectivity index is 2.32. The highest BCUT2D eigenvalue weighted by atomic mass is 16.6. The number of nitro groups is 2. The van der Waals surface area contributed by atoms with E-state index in [-0.39, 0.29) is 22.6 Å². The lowest BCUT2D eigenvalue weighted by atomic mass is 10.2. The maximum absolute atomic E-state index is 11.4. The van der Waals surface area contributed by atoms with Gasteiger partial charge in [-0.05, 0) is 0 Å². The van der Waals surface area contributed by atoms with Gasteiger partial charge in [0.1, 0.15) is 0 Å². The zero-order chi connectivity index (χ0) is 15.1. The molecule has 0 fully saturated rings. The molecule has 0 radical (unpaired) electrons. The minimum atomic E-state index is -0.783. The molecule has 2 aromatic heterocycles. The van der Waals surface area contributed by atoms with Crippen LogP contribution in [0.15, 0.2) is 16.9 Å². The van der Waals surface area contributed by atoms with Crippen LogP contribution >= 0.6 is 0 Å². The van der Waals surface area contributed by atoms with E-state index in [0.29, 0.717) is 0 Å². The molecule has 0 spiro atoms. The lowest BCUT2D eigenvalue weighted by Gasteiger charge is -1.93. The van der Waals surface area contributed by atoms with Gasteiger partial charge in [0.25, 0.3) is 11.2 Å². The summed E-state index contributed by atoms with van der Waals surface area (Å²) >= 11 is 0. The van der Waals surface area contributed by atoms with Crippen LogP contribution in [-0.2, 0) is 0 Å². The van der Waals surface area contributed by atoms with Crippen LogP contribution in [0.5, 0.6) is 0 Å². The summed E-state index contributed by atoms with van der Waals surface area (Å²) in [5, 5.41) is 29.8. The first-order valence-electron chi connectivity index (χ1n) is 5.43. The highest BCUT2D eigenvalue weighted by molar-refractivity contribution is 5.89. The molecule has 0 aliphatic rings. The minimum Gasteiger partial charge on any atom is -0.336 e. The molecule has 0 amide bonds. The van der Waals surface area contributed by atoms with Gasteiger partial charge in [-0.15, -0.1) is 0 Å². The number of fused-ring (bicyclic) bond motifs is 1. The monoisotopic (exact) mass is 291 g/mol. The van der Waals surface area contributed by atoms with Gasteiger partial charge in [0, 0.05) is 6.07 Å². The Morgan fingerprint density at radius 2 is 1.90 bits per heavy atom. The van der Waals surface area contributed by atoms with E-state index in [1.807, 2.05) is 0 Å². The van der Waals surface area contributed by atoms with Crippen molar-refractivity contribution in [1.29, 1.82) is 0 Å². The van der Waals surface area contributed by atoms with Crippen molar-refractivity contribution < 1.29 is 9.85 Å². The van der Waals surface area contributed by atoms with Crippen molar-refractivity contribution in [2.45, 2.75) is 0 Å². The summed E-state index contributed by atoms with van der Waals surface area (Å²) in [6, 6.07) is 1.90. The molecule has 12 nitrogen and oxygen atoms in total. The molecule has 0 saturated carbocycles. The van der Waals surface area contributed by atoms with Crippen LogP contribution in [0.4, 0.5) is 11.4 Å². The van der Waals surface area contributed by atoms with E-state index >= 15 is 0 Å². The Morgan fingerprint density at radius 3 is 2.48 bits per heavy atom. The van der Waals surface area contributed by atoms with Crippen LogP contribution < -0.4 is 5.56 Å². The fraction of sp³-hybridized carbons (Fsp3) is 0. The maximum atomic E-state index is 11.4. The van der Waals surface area contributed by atoms with E-state index in [1.165, 1.54) is 0 Å². The Bertz CT molecular complexity index is 936. The van der Waals surface area contributed by atoms with Crippen molar-refractivity contribution in [3.05, 3.63) is 42.7 Å². The number of hydrogen-bond acceptors (Lipinski definition) is 7. The molecule has 0 aliphatic heterocycles. The van der Waals surface area contributed by atoms with E-state index in [1.54, 1.807) is 0 Å². The average molecular weight is 291 g/mol. The number of non-ortho nitro benzene ring substituents is 2. The van der Waals surface area contributed by atoms with Gasteiger partial charge >= 0.3 is 5.69 Å². The standard InChI is InChI=1S/C9H5N7O5/c17-9-7(12-14-13-9)8-10-4-1-3(15(18)19)2-5(16(20)21)6(4)11-8/h1-2H,(H,10,11)(H2,12,13,14,17). The Morgan fingerprint density at radius 1 is 1.14 bits per heavy atom. The van der Waals surface area contributed by atoms with E-state index in [0.717, 1.165) is 12.1 Å². The third-order valence-corrected chi connectivity index (χ3v) is 2.74. The fourth-order valence-electron chi connectivity index (χ4n) is 1.85. The molecule has 21 heavy (non-hydrogen) atoms. The first-order chi connectivity index (χ1) is 9.97. The maximum Gasteiger partial charge on any atom is 0.303 e. The van der Waals surface area contributed by atoms with Gasteiger partial charge < -0.3 is 4.98 Å². The van der Waals surface area contributed by atoms with Crippen molar-refractivity contribution in [3.8, 4) is 11.5 Å². The van der Waals surface area contributed by atoms with Crippen molar-refractivity contribution in [2.24, 2.45) is 0 Å². The van der Waals surface area contributed by atoms with Gasteiger partial charge in [0.15, 0.2) is 17.0 Å². The third kappa shape index (κ3) is 1.90. The summed E-state index contributed by atoms with van der Waals surface area (Å²) in [6.45, 7) is 0. The molecular weight excluding hydrogens is 286 g/mol. The third-order valence-electron chi connectivity index (χ3n) is 2.74. The van der Waals surface area contributed by atoms with Crippen molar-refractivity contribution in [2.75, 3.05) is 0 Å². The molecule has 106 valence electrons. The van der Waals surface area contributed by atoms with Gasteiger partial charge in [-0.1, -0.05) is 0 Å². The predicted octanol–water partition coefficient (Wildman–Crippen LogP) is 0.458. The quantitative estimate of drug-likeness (QED) is 0.463. The number of nitro benzene ring substituents is 2. The van der Waals surface area contributed by atoms with Crippen LogP contribution in [0.1, 0.15) is 0 Å². The molecule has 3 rings (SSSR count). The first kappa shape index (κ1) is 12.5. The van der Waals surface area contributed by atoms with Gasteiger partial charge in [-0.25, -0.2) is 15.3 Å². The summed E-state index contributed by atoms with van der Waals surface area (Å²) in [4.78, 5) is 38.2. The second kappa shape index (κ2) is 4.22. The van der Waals surface area contributed by atoms with Crippen molar-refractivity contribution in [1.82, 2.24) is 25.4 Å². The number of nitrogens with zero attached hydrogens (tertiary/aromatic N) is 4. The summed E-state index contributed by atoms with van der Waals surface area (Å²) in [5.74, 6) is -0.0314. The van der Waals surface area contributed by atoms with E-state index < -0.39 is 26.8 Å². The summed E-state index contributed by atoms with van der Waals surface area (Å²) in [6.07, 6.45) is 0. The van der Waals surface area contributed by atoms with Gasteiger partial charge in [-0.3, -0.25) is 25.0 Å².